The predicted octanol–water partition coefficient (Wildman–Crippen LogP) is 3.35. The van der Waals surface area contributed by atoms with Crippen LogP contribution in [0.15, 0.2) is 12.1 Å². The van der Waals surface area contributed by atoms with Crippen LogP contribution in [0.3, 0.4) is 0 Å². The van der Waals surface area contributed by atoms with Gasteiger partial charge < -0.3 is 14.9 Å². The number of hydrogen-bond donors (Lipinski definition) is 1. The van der Waals surface area contributed by atoms with E-state index in [1.807, 2.05) is 7.05 Å². The number of hydrogen-bond acceptors (Lipinski definition) is 3. The third kappa shape index (κ3) is 4.97. The van der Waals surface area contributed by atoms with Gasteiger partial charge in [-0.1, -0.05) is 0 Å². The van der Waals surface area contributed by atoms with E-state index in [-0.39, 0.29) is 30.4 Å². The molecule has 172 valence electrons. The quantitative estimate of drug-likeness (QED) is 0.712. The van der Waals surface area contributed by atoms with E-state index < -0.39 is 35.1 Å². The van der Waals surface area contributed by atoms with Crippen molar-refractivity contribution < 1.29 is 27.9 Å². The first kappa shape index (κ1) is 23.4. The summed E-state index contributed by atoms with van der Waals surface area (Å²) in [5.41, 5.74) is -1.04. The zero-order valence-corrected chi connectivity index (χ0v) is 18.4. The van der Waals surface area contributed by atoms with Crippen LogP contribution in [-0.4, -0.2) is 76.1 Å². The van der Waals surface area contributed by atoms with E-state index >= 15 is 0 Å². The van der Waals surface area contributed by atoms with Gasteiger partial charge >= 0.3 is 6.09 Å². The number of halogens is 3. The fourth-order valence-corrected chi connectivity index (χ4v) is 5.02. The minimum absolute atomic E-state index is 0.0890. The van der Waals surface area contributed by atoms with Gasteiger partial charge in [-0.2, -0.15) is 0 Å². The van der Waals surface area contributed by atoms with E-state index in [1.54, 1.807) is 25.7 Å². The maximum Gasteiger partial charge on any atom is 0.408 e. The highest BCUT2D eigenvalue weighted by Crippen LogP contribution is 2.32. The molecule has 1 N–H and O–H groups in total. The average Bonchev–Trinajstić information content (AvgIpc) is 3.16. The molecule has 2 amide bonds. The van der Waals surface area contributed by atoms with Crippen molar-refractivity contribution in [1.29, 1.82) is 0 Å². The highest BCUT2D eigenvalue weighted by atomic mass is 19.2. The molecule has 0 unspecified atom stereocenters. The van der Waals surface area contributed by atoms with Gasteiger partial charge in [0.05, 0.1) is 0 Å². The van der Waals surface area contributed by atoms with E-state index in [1.165, 1.54) is 0 Å². The van der Waals surface area contributed by atoms with Crippen molar-refractivity contribution in [2.45, 2.75) is 57.7 Å². The summed E-state index contributed by atoms with van der Waals surface area (Å²) in [5.74, 6) is -3.29. The fourth-order valence-electron chi connectivity index (χ4n) is 5.02. The van der Waals surface area contributed by atoms with Crippen LogP contribution in [0.25, 0.3) is 0 Å². The largest absolute Gasteiger partial charge is 0.465 e. The van der Waals surface area contributed by atoms with E-state index in [4.69, 9.17) is 0 Å². The van der Waals surface area contributed by atoms with Crippen LogP contribution < -0.4 is 0 Å². The first-order valence-corrected chi connectivity index (χ1v) is 10.5. The summed E-state index contributed by atoms with van der Waals surface area (Å²) in [6.07, 6.45) is -0.756. The van der Waals surface area contributed by atoms with Crippen molar-refractivity contribution in [2.75, 3.05) is 26.7 Å². The number of carbonyl (C=O) groups is 2. The number of fused-ring (bicyclic) bond motifs is 1. The van der Waals surface area contributed by atoms with Crippen LogP contribution in [0.4, 0.5) is 18.0 Å². The minimum atomic E-state index is -1.31. The highest BCUT2D eigenvalue weighted by molar-refractivity contribution is 5.78. The Bertz CT molecular complexity index is 858. The Labute approximate surface area is 180 Å². The Morgan fingerprint density at radius 3 is 2.42 bits per heavy atom. The normalized spacial score (nSPS) is 22.5. The van der Waals surface area contributed by atoms with Gasteiger partial charge in [0.25, 0.3) is 0 Å². The van der Waals surface area contributed by atoms with Gasteiger partial charge in [-0.05, 0) is 58.2 Å². The molecule has 0 radical (unpaired) electrons. The zero-order valence-electron chi connectivity index (χ0n) is 18.4. The lowest BCUT2D eigenvalue weighted by Gasteiger charge is -2.40. The number of rotatable bonds is 5. The first-order valence-electron chi connectivity index (χ1n) is 10.5. The molecule has 31 heavy (non-hydrogen) atoms. The molecule has 0 spiro atoms. The maximum absolute atomic E-state index is 14.3. The Morgan fingerprint density at radius 1 is 1.16 bits per heavy atom. The van der Waals surface area contributed by atoms with E-state index in [0.717, 1.165) is 30.5 Å². The summed E-state index contributed by atoms with van der Waals surface area (Å²) in [5, 5.41) is 9.86. The molecule has 1 aromatic carbocycles. The Morgan fingerprint density at radius 2 is 1.81 bits per heavy atom. The van der Waals surface area contributed by atoms with Crippen LogP contribution in [0.5, 0.6) is 0 Å². The topological polar surface area (TPSA) is 64.1 Å². The third-order valence-corrected chi connectivity index (χ3v) is 6.30. The molecular formula is C22H30F3N3O3. The number of benzene rings is 1. The number of carboxylic acid groups (broad SMARTS) is 1. The maximum atomic E-state index is 14.3. The molecule has 0 saturated carbocycles. The molecule has 2 saturated heterocycles. The number of likely N-dealkylation sites (N-methyl/N-ethyl adjacent to an activating group) is 1. The molecular weight excluding hydrogens is 411 g/mol. The van der Waals surface area contributed by atoms with Gasteiger partial charge in [-0.3, -0.25) is 9.69 Å². The Balaban J connectivity index is 1.88. The van der Waals surface area contributed by atoms with Crippen molar-refractivity contribution in [3.63, 3.8) is 0 Å². The number of carbonyl (C=O) groups excluding carboxylic acids is 1. The van der Waals surface area contributed by atoms with Gasteiger partial charge in [-0.25, -0.2) is 18.0 Å². The smallest absolute Gasteiger partial charge is 0.408 e. The van der Waals surface area contributed by atoms with Crippen LogP contribution >= 0.6 is 0 Å². The van der Waals surface area contributed by atoms with E-state index in [0.29, 0.717) is 18.5 Å². The van der Waals surface area contributed by atoms with Crippen LogP contribution in [-0.2, 0) is 11.2 Å². The second-order valence-corrected chi connectivity index (χ2v) is 9.67. The van der Waals surface area contributed by atoms with Crippen molar-refractivity contribution in [2.24, 2.45) is 5.92 Å². The van der Waals surface area contributed by atoms with Crippen LogP contribution in [0.1, 0.15) is 39.2 Å². The van der Waals surface area contributed by atoms with Crippen molar-refractivity contribution >= 4 is 12.0 Å². The van der Waals surface area contributed by atoms with Crippen molar-refractivity contribution in [3.8, 4) is 0 Å². The molecule has 3 atom stereocenters. The third-order valence-electron chi connectivity index (χ3n) is 6.30. The number of amides is 2. The molecule has 3 rings (SSSR count). The zero-order chi connectivity index (χ0) is 23.1. The summed E-state index contributed by atoms with van der Waals surface area (Å²) in [7, 11) is 2.00. The molecule has 0 aliphatic carbocycles. The minimum Gasteiger partial charge on any atom is -0.465 e. The number of nitrogens with zero attached hydrogens (tertiary/aromatic N) is 3. The predicted molar refractivity (Wildman–Crippen MR) is 109 cm³/mol. The summed E-state index contributed by atoms with van der Waals surface area (Å²) >= 11 is 0. The summed E-state index contributed by atoms with van der Waals surface area (Å²) in [6.45, 7) is 7.33. The SMILES string of the molecule is CN1C[C@@H]2CCN(C(=O)C[C@@H](Cc3cc(F)c(F)cc3F)N(C(=O)O)C(C)(C)C)[C@@H]2C1. The molecule has 0 aromatic heterocycles. The van der Waals surface area contributed by atoms with E-state index in [9.17, 15) is 27.9 Å². The van der Waals surface area contributed by atoms with Crippen molar-refractivity contribution in [3.05, 3.63) is 35.1 Å². The monoisotopic (exact) mass is 441 g/mol. The lowest BCUT2D eigenvalue weighted by molar-refractivity contribution is -0.133. The number of likely N-dealkylation sites (tertiary alicyclic amines) is 2. The second-order valence-electron chi connectivity index (χ2n) is 9.67. The van der Waals surface area contributed by atoms with Gasteiger partial charge in [0.15, 0.2) is 11.6 Å². The molecule has 0 bridgehead atoms. The molecule has 2 aliphatic rings. The fraction of sp³-hybridized carbons (Fsp3) is 0.636. The summed E-state index contributed by atoms with van der Waals surface area (Å²) < 4.78 is 41.4. The molecule has 9 heteroatoms. The summed E-state index contributed by atoms with van der Waals surface area (Å²) in [6, 6.07) is 0.349. The van der Waals surface area contributed by atoms with Crippen LogP contribution in [0, 0.1) is 23.4 Å². The Hall–Kier alpha value is -2.29. The molecule has 2 heterocycles. The Kier molecular flexibility index (Phi) is 6.55. The molecule has 1 aromatic rings. The van der Waals surface area contributed by atoms with Crippen molar-refractivity contribution in [1.82, 2.24) is 14.7 Å². The second kappa shape index (κ2) is 8.68. The summed E-state index contributed by atoms with van der Waals surface area (Å²) in [4.78, 5) is 30.4. The molecule has 2 fully saturated rings. The van der Waals surface area contributed by atoms with Gasteiger partial charge in [0.2, 0.25) is 5.91 Å². The molecule has 6 nitrogen and oxygen atoms in total. The van der Waals surface area contributed by atoms with Gasteiger partial charge in [0, 0.05) is 49.7 Å². The molecule has 2 aliphatic heterocycles. The lowest BCUT2D eigenvalue weighted by atomic mass is 9.95. The van der Waals surface area contributed by atoms with Gasteiger partial charge in [0.1, 0.15) is 5.82 Å². The van der Waals surface area contributed by atoms with Gasteiger partial charge in [-0.15, -0.1) is 0 Å². The standard InChI is InChI=1S/C22H30F3N3O3/c1-22(2,3)28(21(30)31)15(7-14-8-17(24)18(25)10-16(14)23)9-20(29)27-6-5-13-11-26(4)12-19(13)27/h8,10,13,15,19H,5-7,9,11-12H2,1-4H3,(H,30,31)/t13-,15+,19+/m0/s1. The average molecular weight is 441 g/mol. The lowest BCUT2D eigenvalue weighted by Crippen LogP contribution is -2.54. The van der Waals surface area contributed by atoms with Crippen LogP contribution in [0.2, 0.25) is 0 Å². The highest BCUT2D eigenvalue weighted by Gasteiger charge is 2.43. The van der Waals surface area contributed by atoms with E-state index in [2.05, 4.69) is 4.90 Å². The first-order chi connectivity index (χ1) is 14.4.